The molecule has 0 aliphatic heterocycles. The van der Waals surface area contributed by atoms with Crippen molar-refractivity contribution >= 4 is 11.9 Å². The number of aliphatic carboxylic acids is 2. The van der Waals surface area contributed by atoms with Crippen LogP contribution in [0.15, 0.2) is 0 Å². The molecule has 168 valence electrons. The second-order valence-electron chi connectivity index (χ2n) is 7.10. The Labute approximate surface area is 170 Å². The van der Waals surface area contributed by atoms with Gasteiger partial charge in [-0.1, -0.05) is 38.5 Å². The number of carboxylic acid groups (broad SMARTS) is 2. The zero-order chi connectivity index (χ0) is 21.5. The molecule has 0 rings (SSSR count). The molecule has 0 heterocycles. The van der Waals surface area contributed by atoms with Gasteiger partial charge in [-0.05, 0) is 58.2 Å². The lowest BCUT2D eigenvalue weighted by molar-refractivity contribution is -0.138. The van der Waals surface area contributed by atoms with Crippen LogP contribution in [0.4, 0.5) is 0 Å². The van der Waals surface area contributed by atoms with E-state index in [1.807, 2.05) is 0 Å². The first-order valence-corrected chi connectivity index (χ1v) is 10.8. The van der Waals surface area contributed by atoms with Gasteiger partial charge >= 0.3 is 11.9 Å². The summed E-state index contributed by atoms with van der Waals surface area (Å²) in [6.07, 6.45) is 12.8. The normalized spacial score (nSPS) is 11.5. The van der Waals surface area contributed by atoms with Crippen LogP contribution in [-0.4, -0.2) is 48.0 Å². The number of nitrogens with one attached hydrogen (secondary N) is 1. The Kier molecular flexibility index (Phi) is 24.7. The molecule has 0 aromatic carbocycles. The maximum absolute atomic E-state index is 10.3. The number of hydrogen-bond donors (Lipinski definition) is 6. The Hall–Kier alpha value is -1.22. The molecule has 0 saturated carbocycles. The molecular formula is C20H44N4O4. The summed E-state index contributed by atoms with van der Waals surface area (Å²) in [4.78, 5) is 20.3. The van der Waals surface area contributed by atoms with E-state index in [0.29, 0.717) is 13.0 Å². The fourth-order valence-corrected chi connectivity index (χ4v) is 2.60. The first-order valence-electron chi connectivity index (χ1n) is 10.8. The van der Waals surface area contributed by atoms with Crippen molar-refractivity contribution in [3.05, 3.63) is 0 Å². The van der Waals surface area contributed by atoms with Gasteiger partial charge in [-0.3, -0.25) is 9.59 Å². The first-order chi connectivity index (χ1) is 13.4. The summed E-state index contributed by atoms with van der Waals surface area (Å²) >= 11 is 0. The molecule has 0 aromatic rings. The van der Waals surface area contributed by atoms with Crippen molar-refractivity contribution in [1.82, 2.24) is 5.32 Å². The number of carboxylic acids is 2. The minimum atomic E-state index is -0.701. The number of unbranched alkanes of at least 4 members (excludes halogenated alkanes) is 8. The van der Waals surface area contributed by atoms with E-state index in [1.54, 1.807) is 0 Å². The van der Waals surface area contributed by atoms with Crippen LogP contribution in [0.1, 0.15) is 89.9 Å². The molecular weight excluding hydrogens is 360 g/mol. The molecule has 0 spiro atoms. The molecule has 28 heavy (non-hydrogen) atoms. The maximum atomic E-state index is 10.3. The van der Waals surface area contributed by atoms with E-state index in [0.717, 1.165) is 90.1 Å². The van der Waals surface area contributed by atoms with Crippen LogP contribution in [0.3, 0.4) is 0 Å². The number of carbonyl (C=O) groups is 2. The van der Waals surface area contributed by atoms with Crippen LogP contribution in [0.2, 0.25) is 0 Å². The Bertz CT molecular complexity index is 357. The highest BCUT2D eigenvalue weighted by Crippen LogP contribution is 2.03. The van der Waals surface area contributed by atoms with Gasteiger partial charge in [0.2, 0.25) is 0 Å². The molecule has 0 aliphatic carbocycles. The quantitative estimate of drug-likeness (QED) is 0.141. The fourth-order valence-electron chi connectivity index (χ4n) is 2.60. The molecule has 0 saturated heterocycles. The summed E-state index contributed by atoms with van der Waals surface area (Å²) in [5.41, 5.74) is 16.6. The van der Waals surface area contributed by atoms with Gasteiger partial charge < -0.3 is 32.7 Å². The smallest absolute Gasteiger partial charge is 0.303 e. The monoisotopic (exact) mass is 404 g/mol. The van der Waals surface area contributed by atoms with Crippen LogP contribution >= 0.6 is 0 Å². The van der Waals surface area contributed by atoms with Crippen molar-refractivity contribution in [2.24, 2.45) is 17.2 Å². The maximum Gasteiger partial charge on any atom is 0.303 e. The Morgan fingerprint density at radius 1 is 0.679 bits per heavy atom. The zero-order valence-electron chi connectivity index (χ0n) is 17.5. The van der Waals surface area contributed by atoms with Gasteiger partial charge in [0.1, 0.15) is 0 Å². The van der Waals surface area contributed by atoms with E-state index in [4.69, 9.17) is 27.4 Å². The second-order valence-corrected chi connectivity index (χ2v) is 7.10. The van der Waals surface area contributed by atoms with Gasteiger partial charge in [0.25, 0.3) is 0 Å². The van der Waals surface area contributed by atoms with Crippen molar-refractivity contribution < 1.29 is 19.8 Å². The predicted octanol–water partition coefficient (Wildman–Crippen LogP) is 2.40. The molecule has 0 amide bonds. The molecule has 0 radical (unpaired) electrons. The van der Waals surface area contributed by atoms with E-state index in [1.165, 1.54) is 0 Å². The number of hydrogen-bond acceptors (Lipinski definition) is 6. The van der Waals surface area contributed by atoms with Crippen LogP contribution < -0.4 is 22.5 Å². The summed E-state index contributed by atoms with van der Waals surface area (Å²) < 4.78 is 0. The molecule has 0 bridgehead atoms. The minimum absolute atomic E-state index is 0.0850. The van der Waals surface area contributed by atoms with Crippen molar-refractivity contribution in [2.45, 2.75) is 96.1 Å². The van der Waals surface area contributed by atoms with E-state index < -0.39 is 11.9 Å². The van der Waals surface area contributed by atoms with Crippen molar-refractivity contribution in [2.75, 3.05) is 19.6 Å². The Morgan fingerprint density at radius 3 is 1.57 bits per heavy atom. The lowest BCUT2D eigenvalue weighted by Gasteiger charge is -2.13. The third kappa shape index (κ3) is 29.5. The van der Waals surface area contributed by atoms with Gasteiger partial charge in [0, 0.05) is 12.8 Å². The highest BCUT2D eigenvalue weighted by molar-refractivity contribution is 5.66. The third-order valence-corrected chi connectivity index (χ3v) is 4.29. The second kappa shape index (κ2) is 23.8. The molecule has 1 unspecified atom stereocenters. The molecule has 8 nitrogen and oxygen atoms in total. The zero-order valence-corrected chi connectivity index (χ0v) is 17.5. The highest BCUT2D eigenvalue weighted by Gasteiger charge is 2.01. The first kappa shape index (κ1) is 29.0. The van der Waals surface area contributed by atoms with Crippen LogP contribution in [-0.2, 0) is 9.59 Å². The summed E-state index contributed by atoms with van der Waals surface area (Å²) in [5.74, 6) is -1.40. The average Bonchev–Trinajstić information content (AvgIpc) is 2.64. The number of nitrogens with two attached hydrogens (primary N) is 3. The fraction of sp³-hybridized carbons (Fsp3) is 0.900. The lowest BCUT2D eigenvalue weighted by atomic mass is 10.1. The summed E-state index contributed by atoms with van der Waals surface area (Å²) in [7, 11) is 0. The highest BCUT2D eigenvalue weighted by atomic mass is 16.4. The molecule has 1 atom stereocenters. The largest absolute Gasteiger partial charge is 0.481 e. The van der Waals surface area contributed by atoms with E-state index in [2.05, 4.69) is 5.32 Å². The van der Waals surface area contributed by atoms with Crippen molar-refractivity contribution in [3.8, 4) is 0 Å². The van der Waals surface area contributed by atoms with E-state index in [-0.39, 0.29) is 12.6 Å². The number of rotatable bonds is 19. The predicted molar refractivity (Wildman–Crippen MR) is 114 cm³/mol. The SMILES string of the molecule is NCCCCCC(N)NCCCCCCC(=O)O.NCCCCCCC(=O)O. The lowest BCUT2D eigenvalue weighted by Crippen LogP contribution is -2.37. The molecule has 0 aliphatic rings. The van der Waals surface area contributed by atoms with E-state index >= 15 is 0 Å². The van der Waals surface area contributed by atoms with Crippen molar-refractivity contribution in [1.29, 1.82) is 0 Å². The van der Waals surface area contributed by atoms with E-state index in [9.17, 15) is 9.59 Å². The van der Waals surface area contributed by atoms with Gasteiger partial charge in [-0.15, -0.1) is 0 Å². The molecule has 9 N–H and O–H groups in total. The standard InChI is InChI=1S/C13H29N3O2.C7H15NO2/c14-10-6-3-4-8-12(15)16-11-7-2-1-5-9-13(17)18;8-6-4-2-1-3-5-7(9)10/h12,16H,1-11,14-15H2,(H,17,18);1-6,8H2,(H,9,10). The van der Waals surface area contributed by atoms with Crippen LogP contribution in [0.5, 0.6) is 0 Å². The molecule has 0 fully saturated rings. The Morgan fingerprint density at radius 2 is 1.11 bits per heavy atom. The van der Waals surface area contributed by atoms with Gasteiger partial charge in [-0.25, -0.2) is 0 Å². The summed E-state index contributed by atoms with van der Waals surface area (Å²) in [6.45, 7) is 2.40. The third-order valence-electron chi connectivity index (χ3n) is 4.29. The topological polar surface area (TPSA) is 165 Å². The summed E-state index contributed by atoms with van der Waals surface area (Å²) in [6, 6.07) is 0. The average molecular weight is 405 g/mol. The van der Waals surface area contributed by atoms with Gasteiger partial charge in [0.15, 0.2) is 0 Å². The van der Waals surface area contributed by atoms with Gasteiger partial charge in [-0.2, -0.15) is 0 Å². The van der Waals surface area contributed by atoms with Crippen LogP contribution in [0.25, 0.3) is 0 Å². The Balaban J connectivity index is 0. The molecule has 8 heteroatoms. The van der Waals surface area contributed by atoms with Crippen molar-refractivity contribution in [3.63, 3.8) is 0 Å². The van der Waals surface area contributed by atoms with Gasteiger partial charge in [0.05, 0.1) is 6.17 Å². The van der Waals surface area contributed by atoms with Crippen LogP contribution in [0, 0.1) is 0 Å². The minimum Gasteiger partial charge on any atom is -0.481 e. The molecule has 0 aromatic heterocycles. The summed E-state index contributed by atoms with van der Waals surface area (Å²) in [5, 5.41) is 20.0.